The minimum absolute atomic E-state index is 0.0924. The third kappa shape index (κ3) is 6.01. The number of hydrogen-bond acceptors (Lipinski definition) is 4. The van der Waals surface area contributed by atoms with E-state index >= 15 is 0 Å². The highest BCUT2D eigenvalue weighted by atomic mass is 19.4. The number of amides is 1. The van der Waals surface area contributed by atoms with Gasteiger partial charge in [0.15, 0.2) is 0 Å². The zero-order valence-electron chi connectivity index (χ0n) is 19.5. The third-order valence-electron chi connectivity index (χ3n) is 6.94. The molecule has 180 valence electrons. The Morgan fingerprint density at radius 1 is 1.25 bits per heavy atom. The molecule has 0 unspecified atom stereocenters. The fourth-order valence-electron chi connectivity index (χ4n) is 5.25. The van der Waals surface area contributed by atoms with Crippen molar-refractivity contribution in [3.05, 3.63) is 23.9 Å². The Balaban J connectivity index is 1.86. The highest BCUT2D eigenvalue weighted by Gasteiger charge is 2.44. The van der Waals surface area contributed by atoms with E-state index in [1.54, 1.807) is 6.92 Å². The van der Waals surface area contributed by atoms with Gasteiger partial charge in [0.2, 0.25) is 5.91 Å². The predicted molar refractivity (Wildman–Crippen MR) is 118 cm³/mol. The number of likely N-dealkylation sites (tertiary alicyclic amines) is 1. The summed E-state index contributed by atoms with van der Waals surface area (Å²) in [6.07, 6.45) is -0.621. The zero-order chi connectivity index (χ0) is 23.4. The van der Waals surface area contributed by atoms with E-state index in [1.807, 2.05) is 0 Å². The number of carbonyl (C=O) groups excluding carboxylic acids is 1. The SMILES string of the molecule is CCC(=O)N(CC1(C2CCN(CC(C)C)CC2)CCOCC1)c1cccc(C(F)(F)F)n1. The van der Waals surface area contributed by atoms with Gasteiger partial charge in [0.05, 0.1) is 0 Å². The van der Waals surface area contributed by atoms with E-state index in [9.17, 15) is 18.0 Å². The maximum Gasteiger partial charge on any atom is 0.433 e. The van der Waals surface area contributed by atoms with Crippen molar-refractivity contribution in [2.45, 2.75) is 59.1 Å². The van der Waals surface area contributed by atoms with E-state index < -0.39 is 11.9 Å². The number of piperidine rings is 1. The van der Waals surface area contributed by atoms with Gasteiger partial charge in [-0.15, -0.1) is 0 Å². The van der Waals surface area contributed by atoms with Crippen molar-refractivity contribution in [2.24, 2.45) is 17.3 Å². The number of carbonyl (C=O) groups is 1. The van der Waals surface area contributed by atoms with Crippen LogP contribution in [0.1, 0.15) is 58.6 Å². The van der Waals surface area contributed by atoms with Crippen LogP contribution in [0.25, 0.3) is 0 Å². The van der Waals surface area contributed by atoms with Crippen LogP contribution >= 0.6 is 0 Å². The number of ether oxygens (including phenoxy) is 1. The second-order valence-electron chi connectivity index (χ2n) is 9.66. The van der Waals surface area contributed by atoms with Crippen LogP contribution in [0, 0.1) is 17.3 Å². The van der Waals surface area contributed by atoms with Crippen LogP contribution in [-0.4, -0.2) is 55.2 Å². The molecule has 3 rings (SSSR count). The van der Waals surface area contributed by atoms with Crippen molar-refractivity contribution in [1.82, 2.24) is 9.88 Å². The van der Waals surface area contributed by atoms with Crippen molar-refractivity contribution in [3.63, 3.8) is 0 Å². The van der Waals surface area contributed by atoms with Crippen LogP contribution in [0.3, 0.4) is 0 Å². The molecule has 2 aliphatic heterocycles. The molecule has 5 nitrogen and oxygen atoms in total. The maximum atomic E-state index is 13.3. The fraction of sp³-hybridized carbons (Fsp3) is 0.750. The zero-order valence-corrected chi connectivity index (χ0v) is 19.5. The van der Waals surface area contributed by atoms with Crippen LogP contribution < -0.4 is 4.90 Å². The van der Waals surface area contributed by atoms with E-state index in [4.69, 9.17) is 4.74 Å². The lowest BCUT2D eigenvalue weighted by atomic mass is 9.66. The molecule has 0 aliphatic carbocycles. The Labute approximate surface area is 189 Å². The molecule has 0 bridgehead atoms. The van der Waals surface area contributed by atoms with Gasteiger partial charge in [-0.25, -0.2) is 4.98 Å². The quantitative estimate of drug-likeness (QED) is 0.580. The van der Waals surface area contributed by atoms with Gasteiger partial charge in [0, 0.05) is 32.7 Å². The first-order valence-corrected chi connectivity index (χ1v) is 11.8. The van der Waals surface area contributed by atoms with Crippen molar-refractivity contribution >= 4 is 11.7 Å². The van der Waals surface area contributed by atoms with E-state index in [0.717, 1.165) is 51.4 Å². The first kappa shape index (κ1) is 25.0. The average molecular weight is 456 g/mol. The minimum atomic E-state index is -4.55. The summed E-state index contributed by atoms with van der Waals surface area (Å²) >= 11 is 0. The normalized spacial score (nSPS) is 20.5. The topological polar surface area (TPSA) is 45.7 Å². The minimum Gasteiger partial charge on any atom is -0.381 e. The molecule has 2 aliphatic rings. The molecule has 0 atom stereocenters. The van der Waals surface area contributed by atoms with Gasteiger partial charge in [0.25, 0.3) is 0 Å². The van der Waals surface area contributed by atoms with Crippen molar-refractivity contribution < 1.29 is 22.7 Å². The Morgan fingerprint density at radius 3 is 2.47 bits per heavy atom. The molecule has 1 aromatic rings. The van der Waals surface area contributed by atoms with Gasteiger partial charge in [-0.3, -0.25) is 9.69 Å². The molecule has 0 radical (unpaired) electrons. The van der Waals surface area contributed by atoms with Crippen molar-refractivity contribution in [2.75, 3.05) is 44.3 Å². The molecule has 3 heterocycles. The van der Waals surface area contributed by atoms with Crippen LogP contribution in [0.15, 0.2) is 18.2 Å². The first-order valence-electron chi connectivity index (χ1n) is 11.8. The summed E-state index contributed by atoms with van der Waals surface area (Å²) < 4.78 is 45.5. The number of hydrogen-bond donors (Lipinski definition) is 0. The summed E-state index contributed by atoms with van der Waals surface area (Å²) in [6.45, 7) is 11.0. The molecule has 1 aromatic heterocycles. The Hall–Kier alpha value is -1.67. The number of rotatable bonds is 7. The summed E-state index contributed by atoms with van der Waals surface area (Å²) in [7, 11) is 0. The standard InChI is InChI=1S/C24H36F3N3O2/c1-4-22(31)30(21-7-5-6-20(28-21)24(25,26)27)17-23(10-14-32-15-11-23)19-8-12-29(13-9-19)16-18(2)3/h5-7,18-19H,4,8-17H2,1-3H3. The first-order chi connectivity index (χ1) is 15.1. The van der Waals surface area contributed by atoms with Gasteiger partial charge in [0.1, 0.15) is 11.5 Å². The largest absolute Gasteiger partial charge is 0.433 e. The third-order valence-corrected chi connectivity index (χ3v) is 6.94. The van der Waals surface area contributed by atoms with Crippen LogP contribution in [0.4, 0.5) is 19.0 Å². The van der Waals surface area contributed by atoms with E-state index in [1.165, 1.54) is 17.0 Å². The molecule has 2 saturated heterocycles. The number of aromatic nitrogens is 1. The summed E-state index contributed by atoms with van der Waals surface area (Å²) in [6, 6.07) is 3.80. The lowest BCUT2D eigenvalue weighted by Gasteiger charge is -2.49. The smallest absolute Gasteiger partial charge is 0.381 e. The van der Waals surface area contributed by atoms with Crippen molar-refractivity contribution in [1.29, 1.82) is 0 Å². The van der Waals surface area contributed by atoms with Crippen molar-refractivity contribution in [3.8, 4) is 0 Å². The van der Waals surface area contributed by atoms with Gasteiger partial charge < -0.3 is 9.64 Å². The van der Waals surface area contributed by atoms with Gasteiger partial charge in [-0.2, -0.15) is 13.2 Å². The summed E-state index contributed by atoms with van der Waals surface area (Å²) in [4.78, 5) is 20.7. The Kier molecular flexibility index (Phi) is 8.20. The number of halogens is 3. The second-order valence-corrected chi connectivity index (χ2v) is 9.66. The van der Waals surface area contributed by atoms with Crippen LogP contribution in [0.5, 0.6) is 0 Å². The van der Waals surface area contributed by atoms with E-state index in [0.29, 0.717) is 31.6 Å². The van der Waals surface area contributed by atoms with Gasteiger partial charge >= 0.3 is 6.18 Å². The highest BCUT2D eigenvalue weighted by Crippen LogP contribution is 2.45. The average Bonchev–Trinajstić information content (AvgIpc) is 2.77. The Morgan fingerprint density at radius 2 is 1.91 bits per heavy atom. The monoisotopic (exact) mass is 455 g/mol. The van der Waals surface area contributed by atoms with Gasteiger partial charge in [-0.1, -0.05) is 26.8 Å². The number of alkyl halides is 3. The molecule has 0 saturated carbocycles. The molecule has 0 spiro atoms. The number of pyridine rings is 1. The summed E-state index contributed by atoms with van der Waals surface area (Å²) in [5, 5.41) is 0. The lowest BCUT2D eigenvalue weighted by molar-refractivity contribution is -0.141. The lowest BCUT2D eigenvalue weighted by Crippen LogP contribution is -2.51. The molecule has 32 heavy (non-hydrogen) atoms. The molecule has 0 N–H and O–H groups in total. The Bertz CT molecular complexity index is 755. The number of anilines is 1. The summed E-state index contributed by atoms with van der Waals surface area (Å²) in [5.74, 6) is 0.927. The second kappa shape index (κ2) is 10.5. The van der Waals surface area contributed by atoms with E-state index in [2.05, 4.69) is 23.7 Å². The molecule has 2 fully saturated rings. The molecule has 8 heteroatoms. The molecular weight excluding hydrogens is 419 g/mol. The molecule has 0 aromatic carbocycles. The summed E-state index contributed by atoms with van der Waals surface area (Å²) in [5.41, 5.74) is -1.13. The van der Waals surface area contributed by atoms with Gasteiger partial charge in [-0.05, 0) is 68.2 Å². The van der Waals surface area contributed by atoms with Crippen LogP contribution in [0.2, 0.25) is 0 Å². The van der Waals surface area contributed by atoms with E-state index in [-0.39, 0.29) is 23.6 Å². The molecular formula is C24H36F3N3O2. The fourth-order valence-corrected chi connectivity index (χ4v) is 5.25. The highest BCUT2D eigenvalue weighted by molar-refractivity contribution is 5.92. The van der Waals surface area contributed by atoms with Crippen LogP contribution in [-0.2, 0) is 15.7 Å². The molecule has 1 amide bonds. The predicted octanol–water partition coefficient (Wildman–Crippen LogP) is 5.01. The number of nitrogens with zero attached hydrogens (tertiary/aromatic N) is 3. The maximum absolute atomic E-state index is 13.3.